The van der Waals surface area contributed by atoms with Crippen LogP contribution in [0, 0.1) is 13.8 Å². The molecule has 3 rings (SSSR count). The van der Waals surface area contributed by atoms with E-state index in [-0.39, 0.29) is 0 Å². The van der Waals surface area contributed by atoms with Gasteiger partial charge in [0.25, 0.3) is 0 Å². The number of hydrogen-bond acceptors (Lipinski definition) is 2. The van der Waals surface area contributed by atoms with Crippen LogP contribution in [0.25, 0.3) is 0 Å². The van der Waals surface area contributed by atoms with Gasteiger partial charge in [-0.25, -0.2) is 0 Å². The van der Waals surface area contributed by atoms with Crippen LogP contribution < -0.4 is 4.90 Å². The Hall–Kier alpha value is -1.65. The maximum atomic E-state index is 4.64. The van der Waals surface area contributed by atoms with Crippen LogP contribution in [-0.4, -0.2) is 37.4 Å². The highest BCUT2D eigenvalue weighted by molar-refractivity contribution is 9.10. The number of hydrazone groups is 1. The fraction of sp³-hybridized carbons (Fsp3) is 0.350. The largest absolute Gasteiger partial charge is 0.328 e. The highest BCUT2D eigenvalue weighted by Crippen LogP contribution is 2.11. The van der Waals surface area contributed by atoms with Gasteiger partial charge in [0, 0.05) is 10.0 Å². The van der Waals surface area contributed by atoms with Crippen LogP contribution in [0.2, 0.25) is 0 Å². The molecule has 1 N–H and O–H groups in total. The number of quaternary nitrogens is 1. The van der Waals surface area contributed by atoms with E-state index in [0.717, 1.165) is 42.8 Å². The minimum atomic E-state index is 1.02. The molecular formula is C20H25BrN3+. The quantitative estimate of drug-likeness (QED) is 0.800. The van der Waals surface area contributed by atoms with Crippen LogP contribution in [0.1, 0.15) is 22.3 Å². The van der Waals surface area contributed by atoms with Crippen molar-refractivity contribution in [1.29, 1.82) is 0 Å². The number of aryl methyl sites for hydroxylation is 2. The molecule has 126 valence electrons. The molecule has 4 heteroatoms. The average Bonchev–Trinajstić information content (AvgIpc) is 2.57. The Labute approximate surface area is 153 Å². The molecule has 1 aliphatic heterocycles. The number of nitrogens with zero attached hydrogens (tertiary/aromatic N) is 2. The Morgan fingerprint density at radius 1 is 1.12 bits per heavy atom. The minimum absolute atomic E-state index is 1.02. The number of hydrogen-bond donors (Lipinski definition) is 1. The van der Waals surface area contributed by atoms with Crippen molar-refractivity contribution in [3.63, 3.8) is 0 Å². The molecule has 1 aliphatic rings. The van der Waals surface area contributed by atoms with Gasteiger partial charge < -0.3 is 4.90 Å². The number of nitrogens with one attached hydrogen (secondary N) is 1. The topological polar surface area (TPSA) is 20.0 Å². The lowest BCUT2D eigenvalue weighted by atomic mass is 10.1. The zero-order chi connectivity index (χ0) is 16.9. The molecule has 0 bridgehead atoms. The van der Waals surface area contributed by atoms with Crippen molar-refractivity contribution in [1.82, 2.24) is 5.01 Å². The summed E-state index contributed by atoms with van der Waals surface area (Å²) in [6, 6.07) is 15.0. The molecule has 0 amide bonds. The van der Waals surface area contributed by atoms with Crippen LogP contribution in [-0.2, 0) is 6.54 Å². The Balaban J connectivity index is 1.52. The standard InChI is InChI=1S/C20H24BrN3/c1-16-6-7-19(17(2)12-16)15-23-8-10-24(11-9-23)22-14-18-4-3-5-20(21)13-18/h3-7,12-14H,8-11,15H2,1-2H3/p+1/b22-14-. The molecule has 0 unspecified atom stereocenters. The molecule has 0 saturated carbocycles. The Kier molecular flexibility index (Phi) is 5.69. The lowest BCUT2D eigenvalue weighted by Gasteiger charge is -2.30. The van der Waals surface area contributed by atoms with Gasteiger partial charge in [-0.1, -0.05) is 51.8 Å². The van der Waals surface area contributed by atoms with Crippen molar-refractivity contribution < 1.29 is 4.90 Å². The van der Waals surface area contributed by atoms with Crippen molar-refractivity contribution in [3.8, 4) is 0 Å². The van der Waals surface area contributed by atoms with Gasteiger partial charge in [0.2, 0.25) is 0 Å². The van der Waals surface area contributed by atoms with Gasteiger partial charge in [-0.15, -0.1) is 0 Å². The first-order valence-corrected chi connectivity index (χ1v) is 9.33. The molecule has 1 heterocycles. The van der Waals surface area contributed by atoms with E-state index in [4.69, 9.17) is 0 Å². The van der Waals surface area contributed by atoms with Crippen molar-refractivity contribution in [2.45, 2.75) is 20.4 Å². The molecule has 1 fully saturated rings. The van der Waals surface area contributed by atoms with E-state index < -0.39 is 0 Å². The van der Waals surface area contributed by atoms with Crippen molar-refractivity contribution in [3.05, 3.63) is 69.2 Å². The molecule has 0 radical (unpaired) electrons. The molecule has 0 atom stereocenters. The van der Waals surface area contributed by atoms with E-state index in [9.17, 15) is 0 Å². The minimum Gasteiger partial charge on any atom is -0.328 e. The van der Waals surface area contributed by atoms with E-state index in [1.807, 2.05) is 18.3 Å². The van der Waals surface area contributed by atoms with Crippen LogP contribution in [0.3, 0.4) is 0 Å². The third-order valence-electron chi connectivity index (χ3n) is 4.60. The van der Waals surface area contributed by atoms with Crippen molar-refractivity contribution in [2.75, 3.05) is 26.2 Å². The second-order valence-corrected chi connectivity index (χ2v) is 7.53. The maximum absolute atomic E-state index is 4.64. The summed E-state index contributed by atoms with van der Waals surface area (Å²) < 4.78 is 1.09. The van der Waals surface area contributed by atoms with Gasteiger partial charge in [0.05, 0.1) is 32.4 Å². The Bertz CT molecular complexity index is 719. The maximum Gasteiger partial charge on any atom is 0.103 e. The third kappa shape index (κ3) is 4.68. The summed E-state index contributed by atoms with van der Waals surface area (Å²) in [6.45, 7) is 9.82. The summed E-state index contributed by atoms with van der Waals surface area (Å²) in [5.74, 6) is 0. The van der Waals surface area contributed by atoms with E-state index >= 15 is 0 Å². The predicted octanol–water partition coefficient (Wildman–Crippen LogP) is 2.80. The average molecular weight is 387 g/mol. The SMILES string of the molecule is Cc1ccc(C[NH+]2CCN(/N=C\c3cccc(Br)c3)CC2)c(C)c1. The summed E-state index contributed by atoms with van der Waals surface area (Å²) in [5, 5.41) is 6.83. The second-order valence-electron chi connectivity index (χ2n) is 6.61. The van der Waals surface area contributed by atoms with Crippen LogP contribution >= 0.6 is 15.9 Å². The predicted molar refractivity (Wildman–Crippen MR) is 104 cm³/mol. The van der Waals surface area contributed by atoms with E-state index in [2.05, 4.69) is 70.2 Å². The summed E-state index contributed by atoms with van der Waals surface area (Å²) in [6.07, 6.45) is 1.96. The molecule has 0 aromatic heterocycles. The Morgan fingerprint density at radius 3 is 2.62 bits per heavy atom. The van der Waals surface area contributed by atoms with Gasteiger partial charge in [0.15, 0.2) is 0 Å². The van der Waals surface area contributed by atoms with Crippen LogP contribution in [0.5, 0.6) is 0 Å². The lowest BCUT2D eigenvalue weighted by molar-refractivity contribution is -0.918. The zero-order valence-electron chi connectivity index (χ0n) is 14.4. The fourth-order valence-corrected chi connectivity index (χ4v) is 3.57. The third-order valence-corrected chi connectivity index (χ3v) is 5.10. The van der Waals surface area contributed by atoms with E-state index in [1.54, 1.807) is 4.90 Å². The van der Waals surface area contributed by atoms with Crippen molar-refractivity contribution >= 4 is 22.1 Å². The first-order chi connectivity index (χ1) is 11.6. The second kappa shape index (κ2) is 7.95. The lowest BCUT2D eigenvalue weighted by Crippen LogP contribution is -3.13. The highest BCUT2D eigenvalue weighted by atomic mass is 79.9. The molecule has 2 aromatic carbocycles. The first-order valence-electron chi connectivity index (χ1n) is 8.54. The van der Waals surface area contributed by atoms with Gasteiger partial charge >= 0.3 is 0 Å². The van der Waals surface area contributed by atoms with Crippen LogP contribution in [0.4, 0.5) is 0 Å². The number of benzene rings is 2. The van der Waals surface area contributed by atoms with Gasteiger partial charge in [-0.05, 0) is 37.1 Å². The van der Waals surface area contributed by atoms with E-state index in [0.29, 0.717) is 0 Å². The molecule has 0 aliphatic carbocycles. The smallest absolute Gasteiger partial charge is 0.103 e. The first kappa shape index (κ1) is 17.2. The van der Waals surface area contributed by atoms with Crippen molar-refractivity contribution in [2.24, 2.45) is 5.10 Å². The summed E-state index contributed by atoms with van der Waals surface area (Å²) >= 11 is 3.50. The number of rotatable bonds is 4. The molecule has 2 aromatic rings. The molecule has 0 spiro atoms. The number of halogens is 1. The fourth-order valence-electron chi connectivity index (χ4n) is 3.15. The Morgan fingerprint density at radius 2 is 1.92 bits per heavy atom. The molecule has 1 saturated heterocycles. The molecule has 24 heavy (non-hydrogen) atoms. The number of piperazine rings is 1. The summed E-state index contributed by atoms with van der Waals surface area (Å²) in [5.41, 5.74) is 5.37. The van der Waals surface area contributed by atoms with Crippen LogP contribution in [0.15, 0.2) is 52.0 Å². The zero-order valence-corrected chi connectivity index (χ0v) is 16.0. The van der Waals surface area contributed by atoms with Gasteiger partial charge in [-0.3, -0.25) is 5.01 Å². The highest BCUT2D eigenvalue weighted by Gasteiger charge is 2.19. The summed E-state index contributed by atoms with van der Waals surface area (Å²) in [4.78, 5) is 1.65. The summed E-state index contributed by atoms with van der Waals surface area (Å²) in [7, 11) is 0. The normalized spacial score (nSPS) is 16.0. The van der Waals surface area contributed by atoms with Gasteiger partial charge in [0.1, 0.15) is 6.54 Å². The van der Waals surface area contributed by atoms with Gasteiger partial charge in [-0.2, -0.15) is 5.10 Å². The monoisotopic (exact) mass is 386 g/mol. The van der Waals surface area contributed by atoms with E-state index in [1.165, 1.54) is 16.7 Å². The molecule has 3 nitrogen and oxygen atoms in total. The molecular weight excluding hydrogens is 362 g/mol.